The SMILES string of the molecule is [C-]#[N+]c1ccc2c(c1)oc1c(-c3cc([Si](C)(C)C)c4cc(C)c(CC(C)C)cc4[n+]3C)c(C)c(C)cc12. The highest BCUT2D eigenvalue weighted by Gasteiger charge is 2.30. The van der Waals surface area contributed by atoms with E-state index in [1.165, 1.54) is 44.0 Å². The minimum atomic E-state index is -1.68. The highest BCUT2D eigenvalue weighted by molar-refractivity contribution is 6.90. The fourth-order valence-electron chi connectivity index (χ4n) is 5.70. The number of aromatic nitrogens is 1. The first-order valence-corrected chi connectivity index (χ1v) is 16.7. The standard InChI is InChI=1S/C33H37N2OSi/c1-19(2)13-23-16-28-27(15-21(23)4)31(37(8,9)10)18-29(35(28)7)32-22(5)20(3)14-26-25-12-11-24(34-6)17-30(25)36-33(26)32/h11-12,14-19H,13H2,1-5,7-10H3/q+1. The number of nitrogens with zero attached hydrogens (tertiary/aromatic N) is 2. The van der Waals surface area contributed by atoms with E-state index in [-0.39, 0.29) is 0 Å². The summed E-state index contributed by atoms with van der Waals surface area (Å²) in [7, 11) is 0.525. The lowest BCUT2D eigenvalue weighted by Gasteiger charge is -2.21. The van der Waals surface area contributed by atoms with Crippen LogP contribution in [0.1, 0.15) is 36.1 Å². The third kappa shape index (κ3) is 4.16. The molecule has 0 atom stereocenters. The zero-order chi connectivity index (χ0) is 26.8. The Morgan fingerprint density at radius 2 is 1.62 bits per heavy atom. The molecule has 0 aliphatic rings. The molecule has 188 valence electrons. The Balaban J connectivity index is 1.93. The maximum Gasteiger partial charge on any atom is 0.216 e. The van der Waals surface area contributed by atoms with Gasteiger partial charge in [0.2, 0.25) is 11.2 Å². The van der Waals surface area contributed by atoms with E-state index in [4.69, 9.17) is 11.0 Å². The van der Waals surface area contributed by atoms with Crippen LogP contribution in [0.4, 0.5) is 5.69 Å². The van der Waals surface area contributed by atoms with Crippen molar-refractivity contribution in [1.82, 2.24) is 0 Å². The van der Waals surface area contributed by atoms with Gasteiger partial charge in [0.05, 0.1) is 20.2 Å². The molecule has 2 aromatic heterocycles. The molecule has 0 saturated heterocycles. The highest BCUT2D eigenvalue weighted by Crippen LogP contribution is 2.40. The average molecular weight is 506 g/mol. The first-order valence-electron chi connectivity index (χ1n) is 13.2. The number of furan rings is 1. The molecule has 2 heterocycles. The van der Waals surface area contributed by atoms with Gasteiger partial charge in [-0.25, -0.2) is 4.85 Å². The summed E-state index contributed by atoms with van der Waals surface area (Å²) in [6.07, 6.45) is 1.08. The summed E-state index contributed by atoms with van der Waals surface area (Å²) < 4.78 is 8.94. The molecular formula is C33H37N2OSi+. The first kappa shape index (κ1) is 25.2. The molecule has 0 bridgehead atoms. The topological polar surface area (TPSA) is 21.4 Å². The van der Waals surface area contributed by atoms with Gasteiger partial charge in [0, 0.05) is 28.3 Å². The molecule has 3 aromatic carbocycles. The van der Waals surface area contributed by atoms with E-state index in [9.17, 15) is 0 Å². The van der Waals surface area contributed by atoms with Gasteiger partial charge in [-0.2, -0.15) is 4.57 Å². The number of rotatable bonds is 4. The minimum absolute atomic E-state index is 0.604. The van der Waals surface area contributed by atoms with E-state index < -0.39 is 8.07 Å². The number of benzene rings is 3. The van der Waals surface area contributed by atoms with Crippen molar-refractivity contribution >= 4 is 51.8 Å². The Bertz CT molecular complexity index is 1760. The van der Waals surface area contributed by atoms with Crippen LogP contribution < -0.4 is 9.75 Å². The molecule has 3 nitrogen and oxygen atoms in total. The van der Waals surface area contributed by atoms with Crippen LogP contribution in [0, 0.1) is 33.3 Å². The van der Waals surface area contributed by atoms with E-state index in [1.807, 2.05) is 18.2 Å². The van der Waals surface area contributed by atoms with Crippen LogP contribution in [0.15, 0.2) is 46.9 Å². The van der Waals surface area contributed by atoms with Crippen LogP contribution in [0.3, 0.4) is 0 Å². The van der Waals surface area contributed by atoms with E-state index in [0.717, 1.165) is 33.9 Å². The smallest absolute Gasteiger partial charge is 0.216 e. The largest absolute Gasteiger partial charge is 0.456 e. The van der Waals surface area contributed by atoms with E-state index in [1.54, 1.807) is 0 Å². The fourth-order valence-corrected chi connectivity index (χ4v) is 7.28. The van der Waals surface area contributed by atoms with Crippen LogP contribution in [0.2, 0.25) is 19.6 Å². The normalized spacial score (nSPS) is 12.2. The minimum Gasteiger partial charge on any atom is -0.456 e. The third-order valence-electron chi connectivity index (χ3n) is 7.84. The lowest BCUT2D eigenvalue weighted by atomic mass is 9.94. The van der Waals surface area contributed by atoms with Crippen LogP contribution in [-0.2, 0) is 13.5 Å². The van der Waals surface area contributed by atoms with Crippen LogP contribution >= 0.6 is 0 Å². The lowest BCUT2D eigenvalue weighted by molar-refractivity contribution is -0.633. The highest BCUT2D eigenvalue weighted by atomic mass is 28.3. The van der Waals surface area contributed by atoms with Crippen molar-refractivity contribution < 1.29 is 8.98 Å². The zero-order valence-corrected chi connectivity index (χ0v) is 24.6. The summed E-state index contributed by atoms with van der Waals surface area (Å²) in [5, 5.41) is 5.04. The molecule has 5 aromatic rings. The molecule has 0 fully saturated rings. The lowest BCUT2D eigenvalue weighted by Crippen LogP contribution is -2.43. The van der Waals surface area contributed by atoms with Crippen molar-refractivity contribution in [1.29, 1.82) is 0 Å². The number of fused-ring (bicyclic) bond motifs is 4. The van der Waals surface area contributed by atoms with Gasteiger partial charge >= 0.3 is 0 Å². The molecule has 0 radical (unpaired) electrons. The molecule has 5 rings (SSSR count). The maximum atomic E-state index is 7.44. The summed E-state index contributed by atoms with van der Waals surface area (Å²) in [6.45, 7) is 26.0. The fraction of sp³-hybridized carbons (Fsp3) is 0.333. The van der Waals surface area contributed by atoms with Gasteiger partial charge < -0.3 is 4.42 Å². The molecule has 0 unspecified atom stereocenters. The van der Waals surface area contributed by atoms with Crippen molar-refractivity contribution in [3.05, 3.63) is 76.1 Å². The number of pyridine rings is 1. The molecule has 0 saturated carbocycles. The number of hydrogen-bond acceptors (Lipinski definition) is 1. The second-order valence-corrected chi connectivity index (χ2v) is 17.1. The number of aryl methyl sites for hydroxylation is 3. The molecular weight excluding hydrogens is 468 g/mol. The Morgan fingerprint density at radius 1 is 0.919 bits per heavy atom. The maximum absolute atomic E-state index is 7.44. The van der Waals surface area contributed by atoms with Gasteiger partial charge in [-0.05, 0) is 78.7 Å². The van der Waals surface area contributed by atoms with Crippen molar-refractivity contribution in [3.63, 3.8) is 0 Å². The summed E-state index contributed by atoms with van der Waals surface area (Å²) in [5.74, 6) is 0.607. The van der Waals surface area contributed by atoms with Crippen molar-refractivity contribution in [2.24, 2.45) is 13.0 Å². The third-order valence-corrected chi connectivity index (χ3v) is 9.87. The Hall–Kier alpha value is -3.42. The average Bonchev–Trinajstić information content (AvgIpc) is 3.17. The van der Waals surface area contributed by atoms with E-state index in [2.05, 4.69) is 95.0 Å². The van der Waals surface area contributed by atoms with E-state index in [0.29, 0.717) is 11.6 Å². The summed E-state index contributed by atoms with van der Waals surface area (Å²) in [4.78, 5) is 3.62. The van der Waals surface area contributed by atoms with Crippen LogP contribution in [0.25, 0.3) is 48.9 Å². The molecule has 37 heavy (non-hydrogen) atoms. The summed E-state index contributed by atoms with van der Waals surface area (Å²) in [5.41, 5.74) is 11.2. The Labute approximate surface area is 221 Å². The van der Waals surface area contributed by atoms with Gasteiger partial charge in [0.25, 0.3) is 0 Å². The first-order chi connectivity index (χ1) is 17.4. The molecule has 4 heteroatoms. The van der Waals surface area contributed by atoms with Gasteiger partial charge in [-0.1, -0.05) is 45.6 Å². The van der Waals surface area contributed by atoms with Gasteiger partial charge in [-0.15, -0.1) is 0 Å². The summed E-state index contributed by atoms with van der Waals surface area (Å²) >= 11 is 0. The van der Waals surface area contributed by atoms with Gasteiger partial charge in [0.15, 0.2) is 5.69 Å². The van der Waals surface area contributed by atoms with Crippen molar-refractivity contribution in [2.45, 2.75) is 60.7 Å². The second kappa shape index (κ2) is 8.85. The van der Waals surface area contributed by atoms with Gasteiger partial charge in [0.1, 0.15) is 18.2 Å². The zero-order valence-electron chi connectivity index (χ0n) is 23.6. The van der Waals surface area contributed by atoms with Crippen LogP contribution in [0.5, 0.6) is 0 Å². The molecule has 0 spiro atoms. The molecule has 0 amide bonds. The van der Waals surface area contributed by atoms with E-state index >= 15 is 0 Å². The Kier molecular flexibility index (Phi) is 6.04. The molecule has 0 aliphatic carbocycles. The van der Waals surface area contributed by atoms with Crippen LogP contribution in [-0.4, -0.2) is 8.07 Å². The molecule has 0 N–H and O–H groups in total. The second-order valence-electron chi connectivity index (χ2n) is 12.1. The van der Waals surface area contributed by atoms with Crippen molar-refractivity contribution in [2.75, 3.05) is 0 Å². The number of hydrogen-bond donors (Lipinski definition) is 0. The predicted octanol–water partition coefficient (Wildman–Crippen LogP) is 8.45. The monoisotopic (exact) mass is 505 g/mol. The summed E-state index contributed by atoms with van der Waals surface area (Å²) in [6, 6.07) is 15.3. The Morgan fingerprint density at radius 3 is 2.27 bits per heavy atom. The quantitative estimate of drug-likeness (QED) is 0.136. The molecule has 0 aliphatic heterocycles. The van der Waals surface area contributed by atoms with Crippen molar-refractivity contribution in [3.8, 4) is 11.3 Å². The van der Waals surface area contributed by atoms with Gasteiger partial charge in [-0.3, -0.25) is 0 Å². The predicted molar refractivity (Wildman–Crippen MR) is 160 cm³/mol.